The van der Waals surface area contributed by atoms with Crippen molar-refractivity contribution in [3.63, 3.8) is 0 Å². The monoisotopic (exact) mass is 345 g/mol. The first-order valence-corrected chi connectivity index (χ1v) is 8.66. The van der Waals surface area contributed by atoms with Gasteiger partial charge in [0.05, 0.1) is 0 Å². The number of rotatable bonds is 8. The zero-order valence-electron chi connectivity index (χ0n) is 14.2. The summed E-state index contributed by atoms with van der Waals surface area (Å²) in [6.07, 6.45) is 1.87. The summed E-state index contributed by atoms with van der Waals surface area (Å²) in [6.45, 7) is 5.05. The second kappa shape index (κ2) is 9.33. The van der Waals surface area contributed by atoms with Crippen molar-refractivity contribution in [2.75, 3.05) is 13.2 Å². The normalized spacial score (nSPS) is 10.7. The third-order valence-electron chi connectivity index (χ3n) is 3.79. The topological polar surface area (TPSA) is 38.3 Å². The zero-order chi connectivity index (χ0) is 17.4. The van der Waals surface area contributed by atoms with Crippen LogP contribution in [0.15, 0.2) is 48.5 Å². The number of halogens is 1. The Morgan fingerprint density at radius 3 is 2.38 bits per heavy atom. The minimum atomic E-state index is -0.111. The molecule has 3 nitrogen and oxygen atoms in total. The standard InChI is InChI=1S/C20H24ClNO2/c1-15(2)17-7-5-16(6-8-17)4-3-13-22-20(23)14-24-19-11-9-18(21)10-12-19/h5-12,15H,3-4,13-14H2,1-2H3,(H,22,23). The molecule has 0 aliphatic heterocycles. The van der Waals surface area contributed by atoms with E-state index in [0.717, 1.165) is 12.8 Å². The molecule has 0 aliphatic rings. The molecule has 1 N–H and O–H groups in total. The molecule has 2 rings (SSSR count). The molecule has 1 amide bonds. The van der Waals surface area contributed by atoms with E-state index < -0.39 is 0 Å². The van der Waals surface area contributed by atoms with Gasteiger partial charge >= 0.3 is 0 Å². The maximum Gasteiger partial charge on any atom is 0.257 e. The van der Waals surface area contributed by atoms with Crippen LogP contribution in [0.4, 0.5) is 0 Å². The van der Waals surface area contributed by atoms with Crippen molar-refractivity contribution in [2.24, 2.45) is 0 Å². The van der Waals surface area contributed by atoms with E-state index in [2.05, 4.69) is 43.4 Å². The molecular formula is C20H24ClNO2. The summed E-state index contributed by atoms with van der Waals surface area (Å²) in [5.41, 5.74) is 2.65. The molecule has 0 radical (unpaired) electrons. The van der Waals surface area contributed by atoms with Crippen LogP contribution in [0.3, 0.4) is 0 Å². The number of ether oxygens (including phenoxy) is 1. The van der Waals surface area contributed by atoms with Gasteiger partial charge in [-0.25, -0.2) is 0 Å². The SMILES string of the molecule is CC(C)c1ccc(CCCNC(=O)COc2ccc(Cl)cc2)cc1. The second-order valence-corrected chi connectivity index (χ2v) is 6.53. The highest BCUT2D eigenvalue weighted by atomic mass is 35.5. The highest BCUT2D eigenvalue weighted by Gasteiger charge is 2.03. The van der Waals surface area contributed by atoms with Gasteiger partial charge in [0.25, 0.3) is 5.91 Å². The van der Waals surface area contributed by atoms with Gasteiger partial charge in [0.1, 0.15) is 5.75 Å². The highest BCUT2D eigenvalue weighted by molar-refractivity contribution is 6.30. The molecule has 0 fully saturated rings. The van der Waals surface area contributed by atoms with Gasteiger partial charge in [-0.15, -0.1) is 0 Å². The van der Waals surface area contributed by atoms with Crippen LogP contribution >= 0.6 is 11.6 Å². The van der Waals surface area contributed by atoms with Crippen LogP contribution in [-0.2, 0) is 11.2 Å². The number of hydrogen-bond donors (Lipinski definition) is 1. The van der Waals surface area contributed by atoms with Gasteiger partial charge in [-0.2, -0.15) is 0 Å². The van der Waals surface area contributed by atoms with Gasteiger partial charge in [-0.3, -0.25) is 4.79 Å². The van der Waals surface area contributed by atoms with Crippen LogP contribution in [0.5, 0.6) is 5.75 Å². The summed E-state index contributed by atoms with van der Waals surface area (Å²) in [6, 6.07) is 15.7. The lowest BCUT2D eigenvalue weighted by molar-refractivity contribution is -0.123. The van der Waals surface area contributed by atoms with Crippen LogP contribution in [0.1, 0.15) is 37.3 Å². The predicted octanol–water partition coefficient (Wildman–Crippen LogP) is 4.59. The van der Waals surface area contributed by atoms with E-state index in [1.165, 1.54) is 11.1 Å². The number of carbonyl (C=O) groups excluding carboxylic acids is 1. The Morgan fingerprint density at radius 1 is 1.08 bits per heavy atom. The molecule has 2 aromatic rings. The quantitative estimate of drug-likeness (QED) is 0.710. The smallest absolute Gasteiger partial charge is 0.257 e. The molecule has 0 heterocycles. The first-order chi connectivity index (χ1) is 11.5. The summed E-state index contributed by atoms with van der Waals surface area (Å²) in [7, 11) is 0. The van der Waals surface area contributed by atoms with Gasteiger partial charge in [0.15, 0.2) is 6.61 Å². The molecule has 0 unspecified atom stereocenters. The van der Waals surface area contributed by atoms with Crippen molar-refractivity contribution < 1.29 is 9.53 Å². The summed E-state index contributed by atoms with van der Waals surface area (Å²) in [4.78, 5) is 11.8. The fraction of sp³-hybridized carbons (Fsp3) is 0.350. The number of aryl methyl sites for hydroxylation is 1. The average Bonchev–Trinajstić information content (AvgIpc) is 2.58. The molecule has 0 bridgehead atoms. The Labute approximate surface area is 149 Å². The van der Waals surface area contributed by atoms with E-state index >= 15 is 0 Å². The first kappa shape index (κ1) is 18.3. The number of carbonyl (C=O) groups is 1. The molecule has 0 saturated heterocycles. The van der Waals surface area contributed by atoms with Crippen molar-refractivity contribution in [2.45, 2.75) is 32.6 Å². The Balaban J connectivity index is 1.63. The van der Waals surface area contributed by atoms with Crippen LogP contribution in [0.2, 0.25) is 5.02 Å². The lowest BCUT2D eigenvalue weighted by Gasteiger charge is -2.09. The van der Waals surface area contributed by atoms with E-state index in [9.17, 15) is 4.79 Å². The average molecular weight is 346 g/mol. The first-order valence-electron chi connectivity index (χ1n) is 8.28. The van der Waals surface area contributed by atoms with Crippen LogP contribution < -0.4 is 10.1 Å². The second-order valence-electron chi connectivity index (χ2n) is 6.09. The summed E-state index contributed by atoms with van der Waals surface area (Å²) in [5.74, 6) is 1.08. The van der Waals surface area contributed by atoms with Crippen molar-refractivity contribution >= 4 is 17.5 Å². The predicted molar refractivity (Wildman–Crippen MR) is 98.8 cm³/mol. The van der Waals surface area contributed by atoms with Crippen molar-refractivity contribution in [1.29, 1.82) is 0 Å². The van der Waals surface area contributed by atoms with Gasteiger partial charge in [0, 0.05) is 11.6 Å². The van der Waals surface area contributed by atoms with Crippen molar-refractivity contribution in [3.8, 4) is 5.75 Å². The minimum Gasteiger partial charge on any atom is -0.484 e. The molecule has 128 valence electrons. The Morgan fingerprint density at radius 2 is 1.75 bits per heavy atom. The third-order valence-corrected chi connectivity index (χ3v) is 4.05. The number of benzene rings is 2. The zero-order valence-corrected chi connectivity index (χ0v) is 15.0. The van der Waals surface area contributed by atoms with Crippen molar-refractivity contribution in [1.82, 2.24) is 5.32 Å². The molecule has 0 saturated carbocycles. The number of nitrogens with one attached hydrogen (secondary N) is 1. The lowest BCUT2D eigenvalue weighted by atomic mass is 10.0. The summed E-state index contributed by atoms with van der Waals surface area (Å²) >= 11 is 5.80. The summed E-state index contributed by atoms with van der Waals surface area (Å²) in [5, 5.41) is 3.52. The molecule has 24 heavy (non-hydrogen) atoms. The maximum absolute atomic E-state index is 11.8. The van der Waals surface area contributed by atoms with Gasteiger partial charge in [0.2, 0.25) is 0 Å². The van der Waals surface area contributed by atoms with Crippen LogP contribution in [0.25, 0.3) is 0 Å². The van der Waals surface area contributed by atoms with E-state index in [1.54, 1.807) is 24.3 Å². The molecule has 4 heteroatoms. The van der Waals surface area contributed by atoms with Gasteiger partial charge < -0.3 is 10.1 Å². The molecule has 0 aliphatic carbocycles. The molecule has 2 aromatic carbocycles. The fourth-order valence-corrected chi connectivity index (χ4v) is 2.45. The Hall–Kier alpha value is -2.00. The highest BCUT2D eigenvalue weighted by Crippen LogP contribution is 2.16. The number of hydrogen-bond acceptors (Lipinski definition) is 2. The van der Waals surface area contributed by atoms with Gasteiger partial charge in [-0.05, 0) is 54.2 Å². The van der Waals surface area contributed by atoms with E-state index in [0.29, 0.717) is 23.2 Å². The molecule has 0 spiro atoms. The largest absolute Gasteiger partial charge is 0.484 e. The van der Waals surface area contributed by atoms with E-state index in [4.69, 9.17) is 16.3 Å². The molecule has 0 atom stereocenters. The Bertz CT molecular complexity index is 636. The van der Waals surface area contributed by atoms with E-state index in [1.807, 2.05) is 0 Å². The lowest BCUT2D eigenvalue weighted by Crippen LogP contribution is -2.29. The minimum absolute atomic E-state index is 0.0186. The van der Waals surface area contributed by atoms with Crippen LogP contribution in [-0.4, -0.2) is 19.1 Å². The Kier molecular flexibility index (Phi) is 7.13. The summed E-state index contributed by atoms with van der Waals surface area (Å²) < 4.78 is 5.40. The molecule has 0 aromatic heterocycles. The van der Waals surface area contributed by atoms with Crippen LogP contribution in [0, 0.1) is 0 Å². The fourth-order valence-electron chi connectivity index (χ4n) is 2.32. The third kappa shape index (κ3) is 6.25. The van der Waals surface area contributed by atoms with Crippen molar-refractivity contribution in [3.05, 3.63) is 64.7 Å². The van der Waals surface area contributed by atoms with E-state index in [-0.39, 0.29) is 12.5 Å². The number of amides is 1. The van der Waals surface area contributed by atoms with Gasteiger partial charge in [-0.1, -0.05) is 49.7 Å². The maximum atomic E-state index is 11.8. The molecular weight excluding hydrogens is 322 g/mol.